The number of halogens is 1. The minimum atomic E-state index is -1.03. The SMILES string of the molecule is COc1cccc(C2/C(=C(/O)c3cccc(Cl)c3)C(=O)C(=O)N2c2ccc(C#N)cc2)c1OC. The van der Waals surface area contributed by atoms with Gasteiger partial charge in [0.25, 0.3) is 11.7 Å². The molecule has 0 aromatic heterocycles. The van der Waals surface area contributed by atoms with Crippen LogP contribution in [-0.4, -0.2) is 31.0 Å². The number of nitriles is 1. The minimum Gasteiger partial charge on any atom is -0.507 e. The number of hydrogen-bond donors (Lipinski definition) is 1. The molecule has 8 heteroatoms. The summed E-state index contributed by atoms with van der Waals surface area (Å²) in [5, 5.41) is 20.7. The molecule has 1 heterocycles. The number of para-hydroxylation sites is 1. The van der Waals surface area contributed by atoms with Crippen molar-refractivity contribution in [1.29, 1.82) is 5.26 Å². The van der Waals surface area contributed by atoms with Crippen molar-refractivity contribution in [3.8, 4) is 17.6 Å². The van der Waals surface area contributed by atoms with Crippen LogP contribution in [0.1, 0.15) is 22.7 Å². The summed E-state index contributed by atoms with van der Waals surface area (Å²) in [5.41, 5.74) is 1.38. The number of ether oxygens (including phenoxy) is 2. The van der Waals surface area contributed by atoms with Crippen molar-refractivity contribution in [2.24, 2.45) is 0 Å². The van der Waals surface area contributed by atoms with Gasteiger partial charge in [-0.15, -0.1) is 0 Å². The Morgan fingerprint density at radius 3 is 2.35 bits per heavy atom. The van der Waals surface area contributed by atoms with Crippen LogP contribution >= 0.6 is 11.6 Å². The number of nitrogens with zero attached hydrogens (tertiary/aromatic N) is 2. The van der Waals surface area contributed by atoms with E-state index in [1.807, 2.05) is 6.07 Å². The maximum atomic E-state index is 13.3. The van der Waals surface area contributed by atoms with Crippen LogP contribution in [0.2, 0.25) is 5.02 Å². The summed E-state index contributed by atoms with van der Waals surface area (Å²) in [4.78, 5) is 27.8. The van der Waals surface area contributed by atoms with E-state index < -0.39 is 17.7 Å². The number of Topliss-reactive ketones (excluding diaryl/α,β-unsaturated/α-hetero) is 1. The molecule has 0 saturated carbocycles. The first-order valence-corrected chi connectivity index (χ1v) is 10.6. The zero-order valence-corrected chi connectivity index (χ0v) is 19.0. The molecule has 1 saturated heterocycles. The largest absolute Gasteiger partial charge is 0.507 e. The van der Waals surface area contributed by atoms with E-state index in [4.69, 9.17) is 26.3 Å². The lowest BCUT2D eigenvalue weighted by molar-refractivity contribution is -0.132. The summed E-state index contributed by atoms with van der Waals surface area (Å²) in [6.45, 7) is 0. The molecule has 170 valence electrons. The predicted octanol–water partition coefficient (Wildman–Crippen LogP) is 4.86. The standard InChI is InChI=1S/C26H19ClN2O5/c1-33-20-8-4-7-19(25(20)34-2)22-21(23(30)16-5-3-6-17(27)13-16)24(31)26(32)29(22)18-11-9-15(14-28)10-12-18/h3-13,22,30H,1-2H3/b23-21-. The van der Waals surface area contributed by atoms with Gasteiger partial charge in [-0.3, -0.25) is 14.5 Å². The smallest absolute Gasteiger partial charge is 0.300 e. The molecule has 0 radical (unpaired) electrons. The molecule has 1 N–H and O–H groups in total. The van der Waals surface area contributed by atoms with Crippen LogP contribution in [0.25, 0.3) is 5.76 Å². The number of aliphatic hydroxyl groups is 1. The lowest BCUT2D eigenvalue weighted by Gasteiger charge is -2.27. The van der Waals surface area contributed by atoms with E-state index in [0.717, 1.165) is 0 Å². The fraction of sp³-hybridized carbons (Fsp3) is 0.115. The van der Waals surface area contributed by atoms with E-state index in [1.165, 1.54) is 25.2 Å². The second-order valence-corrected chi connectivity index (χ2v) is 7.86. The van der Waals surface area contributed by atoms with Gasteiger partial charge in [-0.1, -0.05) is 35.9 Å². The normalized spacial score (nSPS) is 16.9. The number of anilines is 1. The van der Waals surface area contributed by atoms with Gasteiger partial charge in [0.2, 0.25) is 0 Å². The Bertz CT molecular complexity index is 1360. The quantitative estimate of drug-likeness (QED) is 0.322. The maximum Gasteiger partial charge on any atom is 0.300 e. The van der Waals surface area contributed by atoms with Crippen molar-refractivity contribution in [3.63, 3.8) is 0 Å². The van der Waals surface area contributed by atoms with Crippen LogP contribution in [0.5, 0.6) is 11.5 Å². The first-order chi connectivity index (χ1) is 16.4. The monoisotopic (exact) mass is 474 g/mol. The van der Waals surface area contributed by atoms with Crippen molar-refractivity contribution in [3.05, 3.63) is 94.0 Å². The third-order valence-electron chi connectivity index (χ3n) is 5.55. The number of ketones is 1. The Labute approximate surface area is 201 Å². The van der Waals surface area contributed by atoms with Crippen molar-refractivity contribution >= 4 is 34.7 Å². The third-order valence-corrected chi connectivity index (χ3v) is 5.78. The van der Waals surface area contributed by atoms with E-state index in [9.17, 15) is 14.7 Å². The van der Waals surface area contributed by atoms with Gasteiger partial charge in [0.1, 0.15) is 5.76 Å². The fourth-order valence-electron chi connectivity index (χ4n) is 4.01. The Balaban J connectivity index is 2.01. The highest BCUT2D eigenvalue weighted by molar-refractivity contribution is 6.51. The van der Waals surface area contributed by atoms with Crippen LogP contribution in [0.15, 0.2) is 72.3 Å². The zero-order valence-electron chi connectivity index (χ0n) is 18.3. The molecule has 0 bridgehead atoms. The summed E-state index contributed by atoms with van der Waals surface area (Å²) in [6, 6.07) is 18.7. The molecular weight excluding hydrogens is 456 g/mol. The van der Waals surface area contributed by atoms with Gasteiger partial charge in [0.05, 0.1) is 37.5 Å². The van der Waals surface area contributed by atoms with Crippen LogP contribution < -0.4 is 14.4 Å². The Kier molecular flexibility index (Phi) is 6.26. The molecule has 1 fully saturated rings. The van der Waals surface area contributed by atoms with Crippen LogP contribution in [0.3, 0.4) is 0 Å². The summed E-state index contributed by atoms with van der Waals surface area (Å²) >= 11 is 6.10. The van der Waals surface area contributed by atoms with Gasteiger partial charge >= 0.3 is 0 Å². The predicted molar refractivity (Wildman–Crippen MR) is 127 cm³/mol. The molecule has 4 rings (SSSR count). The molecule has 0 spiro atoms. The summed E-state index contributed by atoms with van der Waals surface area (Å²) in [6.07, 6.45) is 0. The molecular formula is C26H19ClN2O5. The number of amides is 1. The van der Waals surface area contributed by atoms with Gasteiger partial charge in [-0.25, -0.2) is 0 Å². The maximum absolute atomic E-state index is 13.3. The second kappa shape index (κ2) is 9.30. The summed E-state index contributed by atoms with van der Waals surface area (Å²) in [7, 11) is 2.93. The highest BCUT2D eigenvalue weighted by Gasteiger charge is 2.48. The Morgan fingerprint density at radius 1 is 1.03 bits per heavy atom. The first-order valence-electron chi connectivity index (χ1n) is 10.2. The van der Waals surface area contributed by atoms with Gasteiger partial charge in [0.15, 0.2) is 11.5 Å². The number of carbonyl (C=O) groups excluding carboxylic acids is 2. The van der Waals surface area contributed by atoms with E-state index in [-0.39, 0.29) is 16.9 Å². The van der Waals surface area contributed by atoms with Crippen molar-refractivity contribution in [2.75, 3.05) is 19.1 Å². The van der Waals surface area contributed by atoms with Crippen LogP contribution in [0, 0.1) is 11.3 Å². The van der Waals surface area contributed by atoms with Gasteiger partial charge in [-0.05, 0) is 42.5 Å². The number of carbonyl (C=O) groups is 2. The molecule has 1 atom stereocenters. The fourth-order valence-corrected chi connectivity index (χ4v) is 4.20. The number of rotatable bonds is 5. The highest BCUT2D eigenvalue weighted by atomic mass is 35.5. The highest BCUT2D eigenvalue weighted by Crippen LogP contribution is 2.47. The first kappa shape index (κ1) is 22.9. The zero-order chi connectivity index (χ0) is 24.4. The molecule has 1 unspecified atom stereocenters. The number of aliphatic hydroxyl groups excluding tert-OH is 1. The second-order valence-electron chi connectivity index (χ2n) is 7.42. The van der Waals surface area contributed by atoms with E-state index >= 15 is 0 Å². The number of methoxy groups -OCH3 is 2. The molecule has 34 heavy (non-hydrogen) atoms. The number of hydrogen-bond acceptors (Lipinski definition) is 6. The molecule has 1 aliphatic heterocycles. The van der Waals surface area contributed by atoms with Gasteiger partial charge < -0.3 is 14.6 Å². The van der Waals surface area contributed by atoms with E-state index in [0.29, 0.717) is 33.3 Å². The van der Waals surface area contributed by atoms with E-state index in [2.05, 4.69) is 0 Å². The Hall–Kier alpha value is -4.28. The van der Waals surface area contributed by atoms with Crippen molar-refractivity contribution in [2.45, 2.75) is 6.04 Å². The minimum absolute atomic E-state index is 0.122. The summed E-state index contributed by atoms with van der Waals surface area (Å²) in [5.74, 6) is -1.35. The lowest BCUT2D eigenvalue weighted by Crippen LogP contribution is -2.29. The molecule has 3 aromatic rings. The average Bonchev–Trinajstić information content (AvgIpc) is 3.13. The van der Waals surface area contributed by atoms with Crippen molar-refractivity contribution in [1.82, 2.24) is 0 Å². The molecule has 1 amide bonds. The molecule has 7 nitrogen and oxygen atoms in total. The third kappa shape index (κ3) is 3.85. The molecule has 1 aliphatic rings. The van der Waals surface area contributed by atoms with Crippen LogP contribution in [0.4, 0.5) is 5.69 Å². The van der Waals surface area contributed by atoms with Crippen LogP contribution in [-0.2, 0) is 9.59 Å². The topological polar surface area (TPSA) is 99.9 Å². The lowest BCUT2D eigenvalue weighted by atomic mass is 9.94. The van der Waals surface area contributed by atoms with Crippen molar-refractivity contribution < 1.29 is 24.2 Å². The van der Waals surface area contributed by atoms with Gasteiger partial charge in [0, 0.05) is 21.8 Å². The average molecular weight is 475 g/mol. The van der Waals surface area contributed by atoms with E-state index in [1.54, 1.807) is 60.7 Å². The van der Waals surface area contributed by atoms with Gasteiger partial charge in [-0.2, -0.15) is 5.26 Å². The Morgan fingerprint density at radius 2 is 1.74 bits per heavy atom. The summed E-state index contributed by atoms with van der Waals surface area (Å²) < 4.78 is 11.0. The molecule has 0 aliphatic carbocycles. The molecule has 3 aromatic carbocycles. The number of benzene rings is 3.